The number of aliphatic imine (C=N–C) groups is 1. The number of hydrazone groups is 1. The summed E-state index contributed by atoms with van der Waals surface area (Å²) in [6.07, 6.45) is 6.25. The van der Waals surface area contributed by atoms with Gasteiger partial charge in [0.1, 0.15) is 17.4 Å². The van der Waals surface area contributed by atoms with Gasteiger partial charge in [-0.3, -0.25) is 10.4 Å². The number of halogens is 1. The number of amidine groups is 1. The lowest BCUT2D eigenvalue weighted by Gasteiger charge is -2.01. The van der Waals surface area contributed by atoms with Gasteiger partial charge in [-0.25, -0.2) is 0 Å². The smallest absolute Gasteiger partial charge is 0.147 e. The van der Waals surface area contributed by atoms with E-state index >= 15 is 0 Å². The van der Waals surface area contributed by atoms with Gasteiger partial charge in [-0.2, -0.15) is 5.10 Å². The van der Waals surface area contributed by atoms with Crippen LogP contribution in [0.25, 0.3) is 11.3 Å². The first kappa shape index (κ1) is 15.0. The standard InChI is InChI=1S/C17H18BrN3O/c18-14-7-5-13(6-8-14)16-10-9-15(22-16)12-20-21-17-4-2-1-3-11-19-17/h5-10,12H,1-4,11H2,(H,19,21). The average Bonchev–Trinajstić information content (AvgIpc) is 2.84. The minimum atomic E-state index is 0.722. The van der Waals surface area contributed by atoms with Crippen LogP contribution >= 0.6 is 15.9 Å². The fraction of sp³-hybridized carbons (Fsp3) is 0.294. The topological polar surface area (TPSA) is 49.9 Å². The first-order valence-corrected chi connectivity index (χ1v) is 8.29. The SMILES string of the molecule is Brc1ccc(-c2ccc(C=NNC3=NCCCCC3)o2)cc1. The molecular weight excluding hydrogens is 342 g/mol. The Balaban J connectivity index is 1.62. The fourth-order valence-electron chi connectivity index (χ4n) is 2.33. The van der Waals surface area contributed by atoms with Gasteiger partial charge >= 0.3 is 0 Å². The molecule has 0 saturated carbocycles. The number of rotatable bonds is 3. The van der Waals surface area contributed by atoms with Crippen molar-refractivity contribution in [3.63, 3.8) is 0 Å². The van der Waals surface area contributed by atoms with Gasteiger partial charge in [-0.1, -0.05) is 34.5 Å². The number of benzene rings is 1. The van der Waals surface area contributed by atoms with E-state index in [1.54, 1.807) is 6.21 Å². The third-order valence-corrected chi connectivity index (χ3v) is 4.04. The van der Waals surface area contributed by atoms with Crippen LogP contribution in [0.1, 0.15) is 31.4 Å². The van der Waals surface area contributed by atoms with Crippen LogP contribution in [-0.4, -0.2) is 18.6 Å². The van der Waals surface area contributed by atoms with Crippen molar-refractivity contribution in [2.24, 2.45) is 10.1 Å². The predicted molar refractivity (Wildman–Crippen MR) is 93.3 cm³/mol. The van der Waals surface area contributed by atoms with Crippen molar-refractivity contribution in [1.82, 2.24) is 5.43 Å². The first-order valence-electron chi connectivity index (χ1n) is 7.49. The molecule has 0 atom stereocenters. The molecule has 0 unspecified atom stereocenters. The molecular formula is C17H18BrN3O. The second-order valence-electron chi connectivity index (χ2n) is 5.22. The second-order valence-corrected chi connectivity index (χ2v) is 6.13. The van der Waals surface area contributed by atoms with Crippen LogP contribution < -0.4 is 5.43 Å². The van der Waals surface area contributed by atoms with Gasteiger partial charge in [0, 0.05) is 23.0 Å². The van der Waals surface area contributed by atoms with E-state index in [0.29, 0.717) is 0 Å². The summed E-state index contributed by atoms with van der Waals surface area (Å²) in [7, 11) is 0. The molecule has 0 radical (unpaired) electrons. The number of hydrogen-bond acceptors (Lipinski definition) is 4. The molecule has 5 heteroatoms. The quantitative estimate of drug-likeness (QED) is 0.642. The summed E-state index contributed by atoms with van der Waals surface area (Å²) in [6.45, 7) is 0.895. The van der Waals surface area contributed by atoms with E-state index in [9.17, 15) is 0 Å². The number of nitrogens with zero attached hydrogens (tertiary/aromatic N) is 2. The summed E-state index contributed by atoms with van der Waals surface area (Å²) in [6, 6.07) is 11.9. The Morgan fingerprint density at radius 1 is 1.09 bits per heavy atom. The van der Waals surface area contributed by atoms with E-state index in [1.165, 1.54) is 19.3 Å². The Morgan fingerprint density at radius 2 is 1.95 bits per heavy atom. The fourth-order valence-corrected chi connectivity index (χ4v) is 2.59. The molecule has 1 aromatic carbocycles. The average molecular weight is 360 g/mol. The lowest BCUT2D eigenvalue weighted by Crippen LogP contribution is -2.17. The summed E-state index contributed by atoms with van der Waals surface area (Å²) in [5.74, 6) is 2.52. The molecule has 0 amide bonds. The van der Waals surface area contributed by atoms with Crippen LogP contribution in [0.15, 0.2) is 55.4 Å². The second kappa shape index (κ2) is 7.40. The molecule has 1 N–H and O–H groups in total. The van der Waals surface area contributed by atoms with Crippen molar-refractivity contribution >= 4 is 28.0 Å². The van der Waals surface area contributed by atoms with Gasteiger partial charge in [-0.15, -0.1) is 0 Å². The van der Waals surface area contributed by atoms with E-state index in [-0.39, 0.29) is 0 Å². The third kappa shape index (κ3) is 4.07. The van der Waals surface area contributed by atoms with Crippen LogP contribution in [0.2, 0.25) is 0 Å². The Morgan fingerprint density at radius 3 is 2.82 bits per heavy atom. The first-order chi connectivity index (χ1) is 10.8. The van der Waals surface area contributed by atoms with E-state index in [2.05, 4.69) is 31.4 Å². The Kier molecular flexibility index (Phi) is 5.06. The Labute approximate surface area is 138 Å². The van der Waals surface area contributed by atoms with Crippen LogP contribution in [0.4, 0.5) is 0 Å². The minimum Gasteiger partial charge on any atom is -0.455 e. The third-order valence-electron chi connectivity index (χ3n) is 3.52. The summed E-state index contributed by atoms with van der Waals surface area (Å²) < 4.78 is 6.83. The highest BCUT2D eigenvalue weighted by Crippen LogP contribution is 2.23. The normalized spacial score (nSPS) is 15.6. The molecule has 0 bridgehead atoms. The molecule has 4 nitrogen and oxygen atoms in total. The zero-order valence-corrected chi connectivity index (χ0v) is 13.8. The monoisotopic (exact) mass is 359 g/mol. The Bertz CT molecular complexity index is 673. The highest BCUT2D eigenvalue weighted by molar-refractivity contribution is 9.10. The van der Waals surface area contributed by atoms with E-state index in [1.807, 2.05) is 36.4 Å². The van der Waals surface area contributed by atoms with Crippen molar-refractivity contribution in [3.8, 4) is 11.3 Å². The minimum absolute atomic E-state index is 0.722. The summed E-state index contributed by atoms with van der Waals surface area (Å²) >= 11 is 3.43. The van der Waals surface area contributed by atoms with Crippen molar-refractivity contribution < 1.29 is 4.42 Å². The predicted octanol–water partition coefficient (Wildman–Crippen LogP) is 4.61. The largest absolute Gasteiger partial charge is 0.455 e. The van der Waals surface area contributed by atoms with Gasteiger partial charge in [0.15, 0.2) is 0 Å². The van der Waals surface area contributed by atoms with Crippen molar-refractivity contribution in [1.29, 1.82) is 0 Å². The summed E-state index contributed by atoms with van der Waals surface area (Å²) in [5, 5.41) is 4.22. The van der Waals surface area contributed by atoms with E-state index in [4.69, 9.17) is 4.42 Å². The van der Waals surface area contributed by atoms with Crippen LogP contribution in [0.5, 0.6) is 0 Å². The molecule has 1 aliphatic rings. The molecule has 2 heterocycles. The van der Waals surface area contributed by atoms with E-state index in [0.717, 1.165) is 40.4 Å². The molecule has 3 rings (SSSR count). The molecule has 2 aromatic rings. The van der Waals surface area contributed by atoms with Gasteiger partial charge in [-0.05, 0) is 37.1 Å². The lowest BCUT2D eigenvalue weighted by molar-refractivity contribution is 0.574. The van der Waals surface area contributed by atoms with Crippen LogP contribution in [-0.2, 0) is 0 Å². The maximum Gasteiger partial charge on any atom is 0.147 e. The van der Waals surface area contributed by atoms with Gasteiger partial charge < -0.3 is 4.42 Å². The molecule has 0 fully saturated rings. The van der Waals surface area contributed by atoms with Crippen molar-refractivity contribution in [2.75, 3.05) is 6.54 Å². The molecule has 22 heavy (non-hydrogen) atoms. The van der Waals surface area contributed by atoms with Gasteiger partial charge in [0.05, 0.1) is 6.21 Å². The molecule has 1 aliphatic heterocycles. The number of hydrogen-bond donors (Lipinski definition) is 1. The zero-order valence-electron chi connectivity index (χ0n) is 12.3. The van der Waals surface area contributed by atoms with Crippen molar-refractivity contribution in [2.45, 2.75) is 25.7 Å². The lowest BCUT2D eigenvalue weighted by atomic mass is 10.2. The van der Waals surface area contributed by atoms with Gasteiger partial charge in [0.2, 0.25) is 0 Å². The molecule has 0 spiro atoms. The zero-order chi connectivity index (χ0) is 15.2. The highest BCUT2D eigenvalue weighted by atomic mass is 79.9. The number of furan rings is 1. The van der Waals surface area contributed by atoms with E-state index < -0.39 is 0 Å². The molecule has 1 aromatic heterocycles. The maximum atomic E-state index is 5.78. The van der Waals surface area contributed by atoms with Crippen LogP contribution in [0.3, 0.4) is 0 Å². The molecule has 0 aliphatic carbocycles. The van der Waals surface area contributed by atoms with Gasteiger partial charge in [0.25, 0.3) is 0 Å². The highest BCUT2D eigenvalue weighted by Gasteiger charge is 2.04. The molecule has 0 saturated heterocycles. The maximum absolute atomic E-state index is 5.78. The van der Waals surface area contributed by atoms with Crippen LogP contribution in [0, 0.1) is 0 Å². The summed E-state index contributed by atoms with van der Waals surface area (Å²) in [5.41, 5.74) is 4.07. The summed E-state index contributed by atoms with van der Waals surface area (Å²) in [4.78, 5) is 4.47. The van der Waals surface area contributed by atoms with Crippen molar-refractivity contribution in [3.05, 3.63) is 46.6 Å². The Hall–Kier alpha value is -1.88. The number of nitrogens with one attached hydrogen (secondary N) is 1. The molecule has 114 valence electrons.